The van der Waals surface area contributed by atoms with E-state index in [0.29, 0.717) is 24.5 Å². The highest BCUT2D eigenvalue weighted by Gasteiger charge is 2.33. The molecule has 3 N–H and O–H groups in total. The lowest BCUT2D eigenvalue weighted by Crippen LogP contribution is -2.39. The molecule has 0 fully saturated rings. The van der Waals surface area contributed by atoms with E-state index in [1.807, 2.05) is 6.92 Å². The molecule has 27 heavy (non-hydrogen) atoms. The number of imide groups is 1. The number of phenols is 1. The third-order valence-corrected chi connectivity index (χ3v) is 4.10. The van der Waals surface area contributed by atoms with Crippen LogP contribution in [0.1, 0.15) is 34.8 Å². The highest BCUT2D eigenvalue weighted by atomic mass is 16.5. The third-order valence-electron chi connectivity index (χ3n) is 4.10. The molecule has 0 spiro atoms. The molecule has 0 aliphatic carbocycles. The molecule has 2 amide bonds. The van der Waals surface area contributed by atoms with Crippen LogP contribution in [-0.4, -0.2) is 33.8 Å². The largest absolute Gasteiger partial charge is 0.504 e. The second kappa shape index (κ2) is 7.92. The number of hydrogen-bond acceptors (Lipinski definition) is 6. The van der Waals surface area contributed by atoms with Gasteiger partial charge in [0, 0.05) is 18.3 Å². The fraction of sp³-hybridized carbons (Fsp3) is 0.200. The topological polar surface area (TPSA) is 99.1 Å². The zero-order valence-corrected chi connectivity index (χ0v) is 14.8. The van der Waals surface area contributed by atoms with Crippen molar-refractivity contribution in [1.82, 2.24) is 10.4 Å². The first kappa shape index (κ1) is 18.5. The number of nitrogens with one attached hydrogen (secondary N) is 1. The Morgan fingerprint density at radius 1 is 1.11 bits per heavy atom. The summed E-state index contributed by atoms with van der Waals surface area (Å²) >= 11 is 0. The number of hydroxylamine groups is 2. The fourth-order valence-electron chi connectivity index (χ4n) is 2.76. The monoisotopic (exact) mass is 368 g/mol. The van der Waals surface area contributed by atoms with Crippen molar-refractivity contribution < 1.29 is 24.6 Å². The quantitative estimate of drug-likeness (QED) is 0.412. The van der Waals surface area contributed by atoms with Crippen LogP contribution in [0.3, 0.4) is 0 Å². The molecule has 0 aromatic heterocycles. The SMILES string of the molecule is CCCOc1ccc(CNC=C2C(=O)N(O)C(=O)c3ccccc32)cc1O. The number of carbonyl (C=O) groups is 2. The van der Waals surface area contributed by atoms with Gasteiger partial charge in [0.15, 0.2) is 11.5 Å². The maximum atomic E-state index is 12.2. The van der Waals surface area contributed by atoms with Crippen LogP contribution in [0.25, 0.3) is 5.57 Å². The van der Waals surface area contributed by atoms with Gasteiger partial charge in [-0.3, -0.25) is 14.8 Å². The van der Waals surface area contributed by atoms with E-state index in [0.717, 1.165) is 12.0 Å². The minimum atomic E-state index is -0.794. The van der Waals surface area contributed by atoms with E-state index in [-0.39, 0.29) is 21.9 Å². The number of benzene rings is 2. The Morgan fingerprint density at radius 3 is 2.56 bits per heavy atom. The molecule has 0 bridgehead atoms. The van der Waals surface area contributed by atoms with Crippen molar-refractivity contribution in [1.29, 1.82) is 0 Å². The van der Waals surface area contributed by atoms with Crippen LogP contribution in [0.15, 0.2) is 48.7 Å². The molecule has 7 nitrogen and oxygen atoms in total. The molecule has 3 rings (SSSR count). The van der Waals surface area contributed by atoms with Crippen molar-refractivity contribution in [3.63, 3.8) is 0 Å². The Labute approximate surface area is 156 Å². The molecule has 0 radical (unpaired) electrons. The van der Waals surface area contributed by atoms with Gasteiger partial charge in [0.25, 0.3) is 11.8 Å². The number of hydrogen-bond donors (Lipinski definition) is 3. The molecule has 2 aromatic carbocycles. The lowest BCUT2D eigenvalue weighted by molar-refractivity contribution is -0.147. The maximum Gasteiger partial charge on any atom is 0.286 e. The highest BCUT2D eigenvalue weighted by Crippen LogP contribution is 2.28. The Morgan fingerprint density at radius 2 is 1.85 bits per heavy atom. The first-order chi connectivity index (χ1) is 13.0. The standard InChI is InChI=1S/C20H20N2O5/c1-2-9-27-18-8-7-13(10-17(18)23)11-21-12-16-14-5-3-4-6-15(14)19(24)22(26)20(16)25/h3-8,10,12,21,23,26H,2,9,11H2,1H3. The van der Waals surface area contributed by atoms with Gasteiger partial charge in [-0.2, -0.15) is 0 Å². The van der Waals surface area contributed by atoms with Crippen LogP contribution < -0.4 is 10.1 Å². The van der Waals surface area contributed by atoms with E-state index in [1.54, 1.807) is 42.5 Å². The lowest BCUT2D eigenvalue weighted by atomic mass is 9.95. The Kier molecular flexibility index (Phi) is 5.42. The predicted molar refractivity (Wildman–Crippen MR) is 98.1 cm³/mol. The van der Waals surface area contributed by atoms with Gasteiger partial charge in [-0.25, -0.2) is 0 Å². The summed E-state index contributed by atoms with van der Waals surface area (Å²) < 4.78 is 5.42. The second-order valence-corrected chi connectivity index (χ2v) is 6.06. The van der Waals surface area contributed by atoms with Gasteiger partial charge in [0.2, 0.25) is 0 Å². The number of phenolic OH excluding ortho intramolecular Hbond substituents is 1. The van der Waals surface area contributed by atoms with E-state index < -0.39 is 11.8 Å². The molecular weight excluding hydrogens is 348 g/mol. The summed E-state index contributed by atoms with van der Waals surface area (Å²) in [7, 11) is 0. The summed E-state index contributed by atoms with van der Waals surface area (Å²) in [4.78, 5) is 24.2. The van der Waals surface area contributed by atoms with Gasteiger partial charge < -0.3 is 15.2 Å². The molecule has 1 heterocycles. The molecular formula is C20H20N2O5. The van der Waals surface area contributed by atoms with Crippen molar-refractivity contribution >= 4 is 17.4 Å². The number of fused-ring (bicyclic) bond motifs is 1. The van der Waals surface area contributed by atoms with Gasteiger partial charge in [-0.05, 0) is 30.2 Å². The first-order valence-corrected chi connectivity index (χ1v) is 8.58. The smallest absolute Gasteiger partial charge is 0.286 e. The van der Waals surface area contributed by atoms with Gasteiger partial charge in [0.1, 0.15) is 0 Å². The zero-order valence-electron chi connectivity index (χ0n) is 14.8. The van der Waals surface area contributed by atoms with E-state index in [4.69, 9.17) is 4.74 Å². The molecule has 1 aliphatic heterocycles. The average molecular weight is 368 g/mol. The number of rotatable bonds is 6. The minimum Gasteiger partial charge on any atom is -0.504 e. The van der Waals surface area contributed by atoms with Gasteiger partial charge in [-0.1, -0.05) is 31.2 Å². The number of carbonyl (C=O) groups excluding carboxylic acids is 2. The number of nitrogens with zero attached hydrogens (tertiary/aromatic N) is 1. The van der Waals surface area contributed by atoms with E-state index >= 15 is 0 Å². The second-order valence-electron chi connectivity index (χ2n) is 6.06. The highest BCUT2D eigenvalue weighted by molar-refractivity contribution is 6.30. The molecule has 0 unspecified atom stereocenters. The van der Waals surface area contributed by atoms with Crippen LogP contribution in [0.2, 0.25) is 0 Å². The molecule has 2 aromatic rings. The van der Waals surface area contributed by atoms with Crippen molar-refractivity contribution in [2.45, 2.75) is 19.9 Å². The number of aromatic hydroxyl groups is 1. The Balaban J connectivity index is 1.76. The summed E-state index contributed by atoms with van der Waals surface area (Å²) in [5.74, 6) is -1.08. The lowest BCUT2D eigenvalue weighted by Gasteiger charge is -2.23. The molecule has 140 valence electrons. The van der Waals surface area contributed by atoms with Gasteiger partial charge in [-0.15, -0.1) is 5.06 Å². The molecule has 0 saturated heterocycles. The summed E-state index contributed by atoms with van der Waals surface area (Å²) in [6.07, 6.45) is 2.30. The molecule has 0 saturated carbocycles. The Bertz CT molecular complexity index is 907. The zero-order chi connectivity index (χ0) is 19.4. The van der Waals surface area contributed by atoms with Crippen molar-refractivity contribution in [2.24, 2.45) is 0 Å². The fourth-order valence-corrected chi connectivity index (χ4v) is 2.76. The van der Waals surface area contributed by atoms with Crippen LogP contribution in [-0.2, 0) is 11.3 Å². The first-order valence-electron chi connectivity index (χ1n) is 8.58. The molecule has 1 aliphatic rings. The predicted octanol–water partition coefficient (Wildman–Crippen LogP) is 2.68. The number of amides is 2. The van der Waals surface area contributed by atoms with Crippen LogP contribution >= 0.6 is 0 Å². The number of ether oxygens (including phenoxy) is 1. The summed E-state index contributed by atoms with van der Waals surface area (Å²) in [6, 6.07) is 11.6. The molecule has 7 heteroatoms. The Hall–Kier alpha value is -3.32. The maximum absolute atomic E-state index is 12.2. The third kappa shape index (κ3) is 3.78. The van der Waals surface area contributed by atoms with Crippen molar-refractivity contribution in [2.75, 3.05) is 6.61 Å². The molecule has 0 atom stereocenters. The average Bonchev–Trinajstić information content (AvgIpc) is 2.68. The van der Waals surface area contributed by atoms with Gasteiger partial charge in [0.05, 0.1) is 17.7 Å². The minimum absolute atomic E-state index is 0.0432. The summed E-state index contributed by atoms with van der Waals surface area (Å²) in [6.45, 7) is 2.84. The summed E-state index contributed by atoms with van der Waals surface area (Å²) in [5, 5.41) is 22.8. The van der Waals surface area contributed by atoms with Crippen LogP contribution in [0, 0.1) is 0 Å². The van der Waals surface area contributed by atoms with Crippen LogP contribution in [0.4, 0.5) is 0 Å². The van der Waals surface area contributed by atoms with Crippen molar-refractivity contribution in [3.05, 3.63) is 65.4 Å². The van der Waals surface area contributed by atoms with Crippen LogP contribution in [0.5, 0.6) is 11.5 Å². The normalized spacial score (nSPS) is 15.0. The summed E-state index contributed by atoms with van der Waals surface area (Å²) in [5.41, 5.74) is 1.67. The van der Waals surface area contributed by atoms with E-state index in [9.17, 15) is 19.9 Å². The van der Waals surface area contributed by atoms with E-state index in [2.05, 4.69) is 5.32 Å². The van der Waals surface area contributed by atoms with Gasteiger partial charge >= 0.3 is 0 Å². The van der Waals surface area contributed by atoms with Crippen molar-refractivity contribution in [3.8, 4) is 11.5 Å². The van der Waals surface area contributed by atoms with E-state index in [1.165, 1.54) is 6.20 Å².